The molecule has 2 atom stereocenters. The molecule has 0 spiro atoms. The van der Waals surface area contributed by atoms with Crippen LogP contribution >= 0.6 is 0 Å². The van der Waals surface area contributed by atoms with E-state index in [0.29, 0.717) is 11.6 Å². The average molecular weight is 340 g/mol. The Morgan fingerprint density at radius 1 is 1.16 bits per heavy atom. The fourth-order valence-corrected chi connectivity index (χ4v) is 2.14. The van der Waals surface area contributed by atoms with Crippen molar-refractivity contribution in [2.45, 2.75) is 12.3 Å². The van der Waals surface area contributed by atoms with Gasteiger partial charge in [-0.25, -0.2) is 15.8 Å². The third-order valence-corrected chi connectivity index (χ3v) is 3.42. The number of ether oxygens (including phenoxy) is 2. The number of nitrogens with one attached hydrogen (secondary N) is 3. The minimum Gasteiger partial charge on any atom is -0.481 e. The molecule has 4 N–H and O–H groups in total. The lowest BCUT2D eigenvalue weighted by molar-refractivity contribution is -0.141. The zero-order chi connectivity index (χ0) is 17.6. The Kier molecular flexibility index (Phi) is 5.11. The number of carbonyl (C=O) groups is 1. The first-order valence-electron chi connectivity index (χ1n) is 7.43. The highest BCUT2D eigenvalue weighted by atomic mass is 16.5. The summed E-state index contributed by atoms with van der Waals surface area (Å²) in [5.74, 6) is 6.09. The van der Waals surface area contributed by atoms with Crippen molar-refractivity contribution in [3.8, 4) is 23.5 Å². The molecule has 1 aromatic carbocycles. The molecule has 1 fully saturated rings. The lowest BCUT2D eigenvalue weighted by Gasteiger charge is -2.16. The fraction of sp³-hybridized carbons (Fsp3) is 0.176. The van der Waals surface area contributed by atoms with Gasteiger partial charge in [-0.3, -0.25) is 4.79 Å². The maximum Gasteiger partial charge on any atom is 0.327 e. The van der Waals surface area contributed by atoms with E-state index in [4.69, 9.17) is 14.6 Å². The number of nitrogens with zero attached hydrogens (tertiary/aromatic N) is 1. The SMILES string of the molecule is COc1cc(C#Cc2ccc(OC3NNNC3C(=O)O)cc2)ccn1. The molecule has 0 radical (unpaired) electrons. The third-order valence-electron chi connectivity index (χ3n) is 3.42. The smallest absolute Gasteiger partial charge is 0.327 e. The number of aliphatic carboxylic acids is 1. The molecule has 1 aliphatic heterocycles. The Hall–Kier alpha value is -3.12. The molecule has 2 heterocycles. The molecule has 0 bridgehead atoms. The molecule has 128 valence electrons. The standard InChI is InChI=1S/C17H16N4O4/c1-24-14-10-12(8-9-18-14)3-2-11-4-6-13(7-5-11)25-16-15(17(22)23)19-21-20-16/h4-10,15-16,19-21H,1H3,(H,22,23). The first-order chi connectivity index (χ1) is 12.2. The largest absolute Gasteiger partial charge is 0.481 e. The number of aromatic nitrogens is 1. The highest BCUT2D eigenvalue weighted by molar-refractivity contribution is 5.74. The van der Waals surface area contributed by atoms with Gasteiger partial charge in [0.2, 0.25) is 5.88 Å². The summed E-state index contributed by atoms with van der Waals surface area (Å²) in [6.07, 6.45) is 0.911. The molecule has 2 aromatic rings. The van der Waals surface area contributed by atoms with Crippen LogP contribution in [0.5, 0.6) is 11.6 Å². The molecule has 1 aliphatic rings. The summed E-state index contributed by atoms with van der Waals surface area (Å²) in [4.78, 5) is 15.1. The molecular weight excluding hydrogens is 324 g/mol. The van der Waals surface area contributed by atoms with Crippen LogP contribution in [0, 0.1) is 11.8 Å². The molecule has 25 heavy (non-hydrogen) atoms. The van der Waals surface area contributed by atoms with Crippen LogP contribution in [0.4, 0.5) is 0 Å². The van der Waals surface area contributed by atoms with Crippen molar-refractivity contribution in [1.29, 1.82) is 0 Å². The predicted molar refractivity (Wildman–Crippen MR) is 88.5 cm³/mol. The van der Waals surface area contributed by atoms with Crippen LogP contribution in [0.25, 0.3) is 0 Å². The predicted octanol–water partition coefficient (Wildman–Crippen LogP) is 0.260. The van der Waals surface area contributed by atoms with Crippen LogP contribution in [0.1, 0.15) is 11.1 Å². The number of carboxylic acids is 1. The van der Waals surface area contributed by atoms with E-state index in [1.807, 2.05) is 0 Å². The van der Waals surface area contributed by atoms with Crippen LogP contribution in [0.3, 0.4) is 0 Å². The van der Waals surface area contributed by atoms with E-state index in [9.17, 15) is 4.79 Å². The Bertz CT molecular complexity index is 813. The first-order valence-corrected chi connectivity index (χ1v) is 7.43. The van der Waals surface area contributed by atoms with Crippen LogP contribution in [-0.4, -0.2) is 35.4 Å². The first kappa shape index (κ1) is 16.7. The molecule has 0 saturated carbocycles. The van der Waals surface area contributed by atoms with Crippen molar-refractivity contribution < 1.29 is 19.4 Å². The van der Waals surface area contributed by atoms with Crippen molar-refractivity contribution in [3.63, 3.8) is 0 Å². The van der Waals surface area contributed by atoms with E-state index >= 15 is 0 Å². The van der Waals surface area contributed by atoms with E-state index in [1.165, 1.54) is 0 Å². The summed E-state index contributed by atoms with van der Waals surface area (Å²) >= 11 is 0. The van der Waals surface area contributed by atoms with Gasteiger partial charge in [-0.1, -0.05) is 11.8 Å². The van der Waals surface area contributed by atoms with Gasteiger partial charge in [-0.2, -0.15) is 5.53 Å². The zero-order valence-electron chi connectivity index (χ0n) is 13.3. The van der Waals surface area contributed by atoms with Crippen LogP contribution in [-0.2, 0) is 4.79 Å². The molecule has 3 rings (SSSR count). The molecule has 1 aromatic heterocycles. The monoisotopic (exact) mass is 340 g/mol. The Balaban J connectivity index is 1.66. The second-order valence-electron chi connectivity index (χ2n) is 5.13. The minimum absolute atomic E-state index is 0.509. The lowest BCUT2D eigenvalue weighted by atomic mass is 10.2. The second kappa shape index (κ2) is 7.63. The second-order valence-corrected chi connectivity index (χ2v) is 5.13. The Morgan fingerprint density at radius 2 is 1.92 bits per heavy atom. The molecule has 2 unspecified atom stereocenters. The van der Waals surface area contributed by atoms with Crippen molar-refractivity contribution in [3.05, 3.63) is 53.7 Å². The normalized spacial score (nSPS) is 18.9. The van der Waals surface area contributed by atoms with E-state index in [1.54, 1.807) is 49.7 Å². The van der Waals surface area contributed by atoms with E-state index in [0.717, 1.165) is 11.1 Å². The van der Waals surface area contributed by atoms with Gasteiger partial charge in [0.05, 0.1) is 7.11 Å². The maximum atomic E-state index is 11.1. The fourth-order valence-electron chi connectivity index (χ4n) is 2.14. The number of benzene rings is 1. The van der Waals surface area contributed by atoms with E-state index in [-0.39, 0.29) is 0 Å². The summed E-state index contributed by atoms with van der Waals surface area (Å²) in [6, 6.07) is 9.72. The summed E-state index contributed by atoms with van der Waals surface area (Å²) < 4.78 is 10.7. The topological polar surface area (TPSA) is 105 Å². The van der Waals surface area contributed by atoms with Gasteiger partial charge in [0.25, 0.3) is 0 Å². The van der Waals surface area contributed by atoms with Crippen molar-refractivity contribution in [1.82, 2.24) is 21.4 Å². The maximum absolute atomic E-state index is 11.1. The van der Waals surface area contributed by atoms with Gasteiger partial charge < -0.3 is 14.6 Å². The minimum atomic E-state index is -1.02. The molecule has 0 aliphatic carbocycles. The number of methoxy groups -OCH3 is 1. The molecule has 1 saturated heterocycles. The molecular formula is C17H16N4O4. The summed E-state index contributed by atoms with van der Waals surface area (Å²) in [5, 5.41) is 9.07. The van der Waals surface area contributed by atoms with Crippen molar-refractivity contribution in [2.24, 2.45) is 0 Å². The number of hydrogen-bond donors (Lipinski definition) is 4. The van der Waals surface area contributed by atoms with Gasteiger partial charge >= 0.3 is 5.97 Å². The number of hydrogen-bond acceptors (Lipinski definition) is 7. The summed E-state index contributed by atoms with van der Waals surface area (Å²) in [6.45, 7) is 0. The van der Waals surface area contributed by atoms with Crippen LogP contribution in [0.15, 0.2) is 42.6 Å². The zero-order valence-corrected chi connectivity index (χ0v) is 13.3. The van der Waals surface area contributed by atoms with E-state index in [2.05, 4.69) is 33.2 Å². The molecule has 0 amide bonds. The highest BCUT2D eigenvalue weighted by Gasteiger charge is 2.34. The highest BCUT2D eigenvalue weighted by Crippen LogP contribution is 2.15. The lowest BCUT2D eigenvalue weighted by Crippen LogP contribution is -2.44. The van der Waals surface area contributed by atoms with Gasteiger partial charge in [0.15, 0.2) is 12.3 Å². The average Bonchev–Trinajstić information content (AvgIpc) is 3.10. The Labute approximate surface area is 144 Å². The number of carboxylic acid groups (broad SMARTS) is 1. The third kappa shape index (κ3) is 4.24. The van der Waals surface area contributed by atoms with Crippen LogP contribution in [0.2, 0.25) is 0 Å². The van der Waals surface area contributed by atoms with Crippen LogP contribution < -0.4 is 25.9 Å². The number of hydrazine groups is 2. The summed E-state index contributed by atoms with van der Waals surface area (Å²) in [7, 11) is 1.55. The van der Waals surface area contributed by atoms with Gasteiger partial charge in [0.1, 0.15) is 5.75 Å². The van der Waals surface area contributed by atoms with Gasteiger partial charge in [-0.15, -0.1) is 0 Å². The summed E-state index contributed by atoms with van der Waals surface area (Å²) in [5.41, 5.74) is 9.40. The number of pyridine rings is 1. The quantitative estimate of drug-likeness (QED) is 0.588. The van der Waals surface area contributed by atoms with Crippen molar-refractivity contribution >= 4 is 5.97 Å². The van der Waals surface area contributed by atoms with E-state index < -0.39 is 18.2 Å². The number of rotatable bonds is 4. The van der Waals surface area contributed by atoms with Gasteiger partial charge in [0, 0.05) is 23.4 Å². The van der Waals surface area contributed by atoms with Crippen molar-refractivity contribution in [2.75, 3.05) is 7.11 Å². The molecule has 8 nitrogen and oxygen atoms in total. The van der Waals surface area contributed by atoms with Gasteiger partial charge in [-0.05, 0) is 30.3 Å². The Morgan fingerprint density at radius 3 is 2.64 bits per heavy atom. The molecule has 8 heteroatoms.